The lowest BCUT2D eigenvalue weighted by molar-refractivity contribution is -0.142. The van der Waals surface area contributed by atoms with Crippen molar-refractivity contribution < 1.29 is 9.59 Å². The number of hydrogen-bond acceptors (Lipinski definition) is 3. The summed E-state index contributed by atoms with van der Waals surface area (Å²) in [5.41, 5.74) is 2.48. The smallest absolute Gasteiger partial charge is 0.242 e. The molecule has 1 saturated carbocycles. The molecule has 142 valence electrons. The third-order valence-corrected chi connectivity index (χ3v) is 5.72. The Balaban J connectivity index is 1.54. The molecule has 0 spiro atoms. The average Bonchev–Trinajstić information content (AvgIpc) is 2.66. The van der Waals surface area contributed by atoms with Crippen molar-refractivity contribution in [2.24, 2.45) is 0 Å². The van der Waals surface area contributed by atoms with Gasteiger partial charge in [0.1, 0.15) is 0 Å². The number of hydrogen-bond donors (Lipinski definition) is 0. The lowest BCUT2D eigenvalue weighted by atomic mass is 9.94. The first kappa shape index (κ1) is 18.7. The summed E-state index contributed by atoms with van der Waals surface area (Å²) in [7, 11) is 0. The second-order valence-electron chi connectivity index (χ2n) is 7.65. The van der Waals surface area contributed by atoms with Crippen LogP contribution < -0.4 is 4.90 Å². The molecule has 1 aromatic rings. The molecule has 0 unspecified atom stereocenters. The summed E-state index contributed by atoms with van der Waals surface area (Å²) >= 11 is 0. The molecule has 1 heterocycles. The zero-order valence-corrected chi connectivity index (χ0v) is 16.1. The fourth-order valence-corrected chi connectivity index (χ4v) is 4.17. The van der Waals surface area contributed by atoms with Crippen molar-refractivity contribution in [2.45, 2.75) is 52.0 Å². The van der Waals surface area contributed by atoms with Crippen LogP contribution in [-0.4, -0.2) is 60.4 Å². The maximum absolute atomic E-state index is 12.8. The van der Waals surface area contributed by atoms with E-state index in [1.54, 1.807) is 6.92 Å². The van der Waals surface area contributed by atoms with Gasteiger partial charge in [-0.3, -0.25) is 9.59 Å². The summed E-state index contributed by atoms with van der Waals surface area (Å²) < 4.78 is 0. The number of anilines is 1. The van der Waals surface area contributed by atoms with E-state index in [0.717, 1.165) is 51.9 Å². The molecule has 3 rings (SSSR count). The van der Waals surface area contributed by atoms with Gasteiger partial charge in [0.15, 0.2) is 0 Å². The molecule has 0 atom stereocenters. The predicted octanol–water partition coefficient (Wildman–Crippen LogP) is 2.82. The third-order valence-electron chi connectivity index (χ3n) is 5.72. The highest BCUT2D eigenvalue weighted by molar-refractivity contribution is 5.84. The van der Waals surface area contributed by atoms with Gasteiger partial charge in [0.25, 0.3) is 0 Å². The van der Waals surface area contributed by atoms with Crippen LogP contribution in [0.2, 0.25) is 0 Å². The summed E-state index contributed by atoms with van der Waals surface area (Å²) in [6.07, 6.45) is 5.65. The van der Waals surface area contributed by atoms with Crippen LogP contribution >= 0.6 is 0 Å². The highest BCUT2D eigenvalue weighted by atomic mass is 16.2. The maximum atomic E-state index is 12.8. The summed E-state index contributed by atoms with van der Waals surface area (Å²) in [4.78, 5) is 30.9. The van der Waals surface area contributed by atoms with Crippen LogP contribution in [0.4, 0.5) is 5.69 Å². The lowest BCUT2D eigenvalue weighted by Gasteiger charge is -2.38. The molecule has 0 radical (unpaired) electrons. The standard InChI is InChI=1S/C21H31N3O2/c1-17-7-6-10-20(15-17)22-11-13-23(14-12-22)21(26)16-24(18(2)25)19-8-4-3-5-9-19/h6-7,10,15,19H,3-5,8-9,11-14,16H2,1-2H3. The van der Waals surface area contributed by atoms with E-state index in [1.165, 1.54) is 17.7 Å². The molecule has 26 heavy (non-hydrogen) atoms. The van der Waals surface area contributed by atoms with Gasteiger partial charge >= 0.3 is 0 Å². The number of benzene rings is 1. The van der Waals surface area contributed by atoms with Crippen molar-refractivity contribution in [1.82, 2.24) is 9.80 Å². The van der Waals surface area contributed by atoms with Crippen molar-refractivity contribution in [3.63, 3.8) is 0 Å². The summed E-state index contributed by atoms with van der Waals surface area (Å²) in [5, 5.41) is 0. The fraction of sp³-hybridized carbons (Fsp3) is 0.619. The van der Waals surface area contributed by atoms with Crippen LogP contribution in [0.3, 0.4) is 0 Å². The van der Waals surface area contributed by atoms with Gasteiger partial charge in [0.05, 0.1) is 6.54 Å². The van der Waals surface area contributed by atoms with E-state index >= 15 is 0 Å². The monoisotopic (exact) mass is 357 g/mol. The molecule has 0 bridgehead atoms. The zero-order valence-electron chi connectivity index (χ0n) is 16.1. The predicted molar refractivity (Wildman–Crippen MR) is 104 cm³/mol. The van der Waals surface area contributed by atoms with Crippen LogP contribution in [0.1, 0.15) is 44.6 Å². The van der Waals surface area contributed by atoms with Gasteiger partial charge < -0.3 is 14.7 Å². The minimum atomic E-state index is 0.0312. The summed E-state index contributed by atoms with van der Waals surface area (Å²) in [5.74, 6) is 0.123. The van der Waals surface area contributed by atoms with Crippen molar-refractivity contribution in [3.8, 4) is 0 Å². The molecule has 5 nitrogen and oxygen atoms in total. The molecule has 2 aliphatic rings. The van der Waals surface area contributed by atoms with Gasteiger partial charge in [-0.2, -0.15) is 0 Å². The zero-order chi connectivity index (χ0) is 18.5. The second-order valence-corrected chi connectivity index (χ2v) is 7.65. The Labute approximate surface area is 156 Å². The quantitative estimate of drug-likeness (QED) is 0.832. The molecular weight excluding hydrogens is 326 g/mol. The van der Waals surface area contributed by atoms with E-state index in [4.69, 9.17) is 0 Å². The number of piperazine rings is 1. The van der Waals surface area contributed by atoms with Crippen molar-refractivity contribution in [2.75, 3.05) is 37.6 Å². The van der Waals surface area contributed by atoms with Crippen LogP contribution in [0.5, 0.6) is 0 Å². The minimum Gasteiger partial charge on any atom is -0.368 e. The summed E-state index contributed by atoms with van der Waals surface area (Å²) in [6, 6.07) is 8.75. The SMILES string of the molecule is CC(=O)N(CC(=O)N1CCN(c2cccc(C)c2)CC1)C1CCCCC1. The van der Waals surface area contributed by atoms with Crippen molar-refractivity contribution in [1.29, 1.82) is 0 Å². The molecule has 2 amide bonds. The highest BCUT2D eigenvalue weighted by Gasteiger charge is 2.28. The van der Waals surface area contributed by atoms with Gasteiger partial charge in [-0.15, -0.1) is 0 Å². The number of nitrogens with zero attached hydrogens (tertiary/aromatic N) is 3. The highest BCUT2D eigenvalue weighted by Crippen LogP contribution is 2.23. The Kier molecular flexibility index (Phi) is 6.17. The second kappa shape index (κ2) is 8.56. The Hall–Kier alpha value is -2.04. The Morgan fingerprint density at radius 1 is 1.08 bits per heavy atom. The number of carbonyl (C=O) groups excluding carboxylic acids is 2. The minimum absolute atomic E-state index is 0.0312. The normalized spacial score (nSPS) is 18.7. The molecule has 0 N–H and O–H groups in total. The Bertz CT molecular complexity index is 632. The van der Waals surface area contributed by atoms with E-state index in [9.17, 15) is 9.59 Å². The molecular formula is C21H31N3O2. The number of amides is 2. The van der Waals surface area contributed by atoms with Crippen LogP contribution in [0.15, 0.2) is 24.3 Å². The van der Waals surface area contributed by atoms with E-state index in [2.05, 4.69) is 36.1 Å². The fourth-order valence-electron chi connectivity index (χ4n) is 4.17. The van der Waals surface area contributed by atoms with Crippen LogP contribution in [-0.2, 0) is 9.59 Å². The van der Waals surface area contributed by atoms with Gasteiger partial charge in [0.2, 0.25) is 11.8 Å². The molecule has 5 heteroatoms. The van der Waals surface area contributed by atoms with Gasteiger partial charge in [-0.1, -0.05) is 31.4 Å². The van der Waals surface area contributed by atoms with Crippen molar-refractivity contribution >= 4 is 17.5 Å². The van der Waals surface area contributed by atoms with Crippen LogP contribution in [0, 0.1) is 6.92 Å². The lowest BCUT2D eigenvalue weighted by Crippen LogP contribution is -2.53. The summed E-state index contributed by atoms with van der Waals surface area (Å²) in [6.45, 7) is 7.08. The van der Waals surface area contributed by atoms with Crippen LogP contribution in [0.25, 0.3) is 0 Å². The van der Waals surface area contributed by atoms with Crippen molar-refractivity contribution in [3.05, 3.63) is 29.8 Å². The van der Waals surface area contributed by atoms with Gasteiger partial charge in [-0.25, -0.2) is 0 Å². The molecule has 1 saturated heterocycles. The molecule has 1 aliphatic heterocycles. The largest absolute Gasteiger partial charge is 0.368 e. The number of aryl methyl sites for hydroxylation is 1. The Morgan fingerprint density at radius 2 is 1.77 bits per heavy atom. The van der Waals surface area contributed by atoms with E-state index in [-0.39, 0.29) is 24.4 Å². The molecule has 1 aromatic carbocycles. The molecule has 2 fully saturated rings. The first-order chi connectivity index (χ1) is 12.5. The number of carbonyl (C=O) groups is 2. The van der Waals surface area contributed by atoms with E-state index in [0.29, 0.717) is 0 Å². The molecule has 1 aliphatic carbocycles. The van der Waals surface area contributed by atoms with E-state index < -0.39 is 0 Å². The van der Waals surface area contributed by atoms with Gasteiger partial charge in [0, 0.05) is 44.8 Å². The van der Waals surface area contributed by atoms with Gasteiger partial charge in [-0.05, 0) is 37.5 Å². The first-order valence-electron chi connectivity index (χ1n) is 9.91. The molecule has 0 aromatic heterocycles. The Morgan fingerprint density at radius 3 is 2.38 bits per heavy atom. The third kappa shape index (κ3) is 4.57. The first-order valence-corrected chi connectivity index (χ1v) is 9.91. The van der Waals surface area contributed by atoms with E-state index in [1.807, 2.05) is 9.80 Å². The maximum Gasteiger partial charge on any atom is 0.242 e. The number of rotatable bonds is 4. The topological polar surface area (TPSA) is 43.9 Å². The average molecular weight is 357 g/mol.